The summed E-state index contributed by atoms with van der Waals surface area (Å²) in [4.78, 5) is 28.2. The number of rotatable bonds is 8. The van der Waals surface area contributed by atoms with Crippen LogP contribution in [0.1, 0.15) is 24.9 Å². The Morgan fingerprint density at radius 3 is 2.32 bits per heavy atom. The van der Waals surface area contributed by atoms with E-state index in [0.717, 1.165) is 30.5 Å². The SMILES string of the molecule is CCCn1c(=O)n(CC(=O)NCC(c2ccccc2)N2CCOCC2)c2ccccc21. The van der Waals surface area contributed by atoms with Crippen LogP contribution in [0.3, 0.4) is 0 Å². The van der Waals surface area contributed by atoms with Crippen molar-refractivity contribution < 1.29 is 9.53 Å². The van der Waals surface area contributed by atoms with Gasteiger partial charge in [0.1, 0.15) is 6.54 Å². The number of nitrogens with one attached hydrogen (secondary N) is 1. The van der Waals surface area contributed by atoms with Crippen LogP contribution in [0.4, 0.5) is 0 Å². The predicted molar refractivity (Wildman–Crippen MR) is 121 cm³/mol. The van der Waals surface area contributed by atoms with Gasteiger partial charge in [-0.05, 0) is 24.1 Å². The van der Waals surface area contributed by atoms with Crippen molar-refractivity contribution in [3.63, 3.8) is 0 Å². The van der Waals surface area contributed by atoms with Gasteiger partial charge in [-0.15, -0.1) is 0 Å². The van der Waals surface area contributed by atoms with Crippen molar-refractivity contribution in [3.05, 3.63) is 70.6 Å². The highest BCUT2D eigenvalue weighted by Gasteiger charge is 2.23. The van der Waals surface area contributed by atoms with Gasteiger partial charge in [0.05, 0.1) is 30.3 Å². The summed E-state index contributed by atoms with van der Waals surface area (Å²) in [5.74, 6) is -0.157. The Bertz CT molecular complexity index is 1070. The van der Waals surface area contributed by atoms with Crippen molar-refractivity contribution in [2.45, 2.75) is 32.5 Å². The molecular weight excluding hydrogens is 392 g/mol. The van der Waals surface area contributed by atoms with Gasteiger partial charge in [0, 0.05) is 26.2 Å². The van der Waals surface area contributed by atoms with Crippen LogP contribution >= 0.6 is 0 Å². The molecule has 1 aliphatic heterocycles. The smallest absolute Gasteiger partial charge is 0.329 e. The first kappa shape index (κ1) is 21.3. The second-order valence-electron chi connectivity index (χ2n) is 7.89. The van der Waals surface area contributed by atoms with Crippen molar-refractivity contribution in [1.29, 1.82) is 0 Å². The van der Waals surface area contributed by atoms with Crippen LogP contribution in [-0.2, 0) is 22.6 Å². The standard InChI is InChI=1S/C24H30N4O3/c1-2-12-27-20-10-6-7-11-21(20)28(24(27)30)18-23(29)25-17-22(19-8-4-3-5-9-19)26-13-15-31-16-14-26/h3-11,22H,2,12-18H2,1H3,(H,25,29). The van der Waals surface area contributed by atoms with E-state index in [4.69, 9.17) is 4.74 Å². The van der Waals surface area contributed by atoms with Crippen LogP contribution in [0.2, 0.25) is 0 Å². The summed E-state index contributed by atoms with van der Waals surface area (Å²) in [6, 6.07) is 18.0. The molecule has 7 heteroatoms. The number of amides is 1. The highest BCUT2D eigenvalue weighted by molar-refractivity contribution is 5.81. The van der Waals surface area contributed by atoms with Crippen LogP contribution in [0.5, 0.6) is 0 Å². The fraction of sp³-hybridized carbons (Fsp3) is 0.417. The Morgan fingerprint density at radius 1 is 1.00 bits per heavy atom. The molecule has 1 aliphatic rings. The van der Waals surface area contributed by atoms with E-state index >= 15 is 0 Å². The molecule has 7 nitrogen and oxygen atoms in total. The van der Waals surface area contributed by atoms with E-state index in [1.54, 1.807) is 9.13 Å². The molecule has 0 spiro atoms. The summed E-state index contributed by atoms with van der Waals surface area (Å²) in [6.07, 6.45) is 0.860. The molecule has 0 bridgehead atoms. The molecule has 164 valence electrons. The summed E-state index contributed by atoms with van der Waals surface area (Å²) in [7, 11) is 0. The predicted octanol–water partition coefficient (Wildman–Crippen LogP) is 2.40. The molecule has 0 radical (unpaired) electrons. The lowest BCUT2D eigenvalue weighted by molar-refractivity contribution is -0.122. The molecular formula is C24H30N4O3. The van der Waals surface area contributed by atoms with E-state index in [0.29, 0.717) is 26.3 Å². The summed E-state index contributed by atoms with van der Waals surface area (Å²) in [5.41, 5.74) is 2.70. The fourth-order valence-corrected chi connectivity index (χ4v) is 4.30. The van der Waals surface area contributed by atoms with Crippen LogP contribution in [-0.4, -0.2) is 52.8 Å². The van der Waals surface area contributed by atoms with Crippen LogP contribution in [0.15, 0.2) is 59.4 Å². The number of fused-ring (bicyclic) bond motifs is 1. The van der Waals surface area contributed by atoms with Crippen molar-refractivity contribution in [2.24, 2.45) is 0 Å². The Labute approximate surface area is 182 Å². The van der Waals surface area contributed by atoms with Crippen LogP contribution in [0, 0.1) is 0 Å². The average molecular weight is 423 g/mol. The molecule has 0 saturated carbocycles. The quantitative estimate of drug-likeness (QED) is 0.605. The molecule has 1 amide bonds. The summed E-state index contributed by atoms with van der Waals surface area (Å²) < 4.78 is 8.83. The number of carbonyl (C=O) groups excluding carboxylic acids is 1. The maximum absolute atomic E-state index is 12.9. The Hall–Kier alpha value is -2.90. The third-order valence-corrected chi connectivity index (χ3v) is 5.84. The molecule has 31 heavy (non-hydrogen) atoms. The summed E-state index contributed by atoms with van der Waals surface area (Å²) in [5, 5.41) is 3.07. The minimum atomic E-state index is -0.157. The number of hydrogen-bond acceptors (Lipinski definition) is 4. The van der Waals surface area contributed by atoms with Gasteiger partial charge < -0.3 is 10.1 Å². The highest BCUT2D eigenvalue weighted by atomic mass is 16.5. The highest BCUT2D eigenvalue weighted by Crippen LogP contribution is 2.21. The lowest BCUT2D eigenvalue weighted by Crippen LogP contribution is -2.44. The van der Waals surface area contributed by atoms with Gasteiger partial charge >= 0.3 is 5.69 Å². The maximum atomic E-state index is 12.9. The normalized spacial score (nSPS) is 15.8. The lowest BCUT2D eigenvalue weighted by atomic mass is 10.0. The van der Waals surface area contributed by atoms with Gasteiger partial charge in [0.2, 0.25) is 5.91 Å². The molecule has 2 heterocycles. The first-order valence-corrected chi connectivity index (χ1v) is 11.0. The second-order valence-corrected chi connectivity index (χ2v) is 7.89. The zero-order valence-corrected chi connectivity index (χ0v) is 18.0. The monoisotopic (exact) mass is 422 g/mol. The number of ether oxygens (including phenoxy) is 1. The number of imidazole rings is 1. The van der Waals surface area contributed by atoms with Gasteiger partial charge in [0.15, 0.2) is 0 Å². The van der Waals surface area contributed by atoms with Gasteiger partial charge in [0.25, 0.3) is 0 Å². The number of hydrogen-bond donors (Lipinski definition) is 1. The molecule has 3 aromatic rings. The maximum Gasteiger partial charge on any atom is 0.329 e. The Balaban J connectivity index is 1.50. The summed E-state index contributed by atoms with van der Waals surface area (Å²) >= 11 is 0. The minimum absolute atomic E-state index is 0.0146. The van der Waals surface area contributed by atoms with E-state index < -0.39 is 0 Å². The number of para-hydroxylation sites is 2. The number of nitrogens with zero attached hydrogens (tertiary/aromatic N) is 3. The number of carbonyl (C=O) groups is 1. The third kappa shape index (κ3) is 4.73. The van der Waals surface area contributed by atoms with Crippen molar-refractivity contribution in [3.8, 4) is 0 Å². The van der Waals surface area contributed by atoms with Crippen molar-refractivity contribution in [2.75, 3.05) is 32.8 Å². The molecule has 1 atom stereocenters. The van der Waals surface area contributed by atoms with E-state index in [-0.39, 0.29) is 24.2 Å². The van der Waals surface area contributed by atoms with E-state index in [1.165, 1.54) is 5.56 Å². The van der Waals surface area contributed by atoms with Gasteiger partial charge in [-0.2, -0.15) is 0 Å². The second kappa shape index (κ2) is 9.94. The van der Waals surface area contributed by atoms with Crippen LogP contribution in [0.25, 0.3) is 11.0 Å². The minimum Gasteiger partial charge on any atom is -0.379 e. The zero-order chi connectivity index (χ0) is 21.6. The number of aryl methyl sites for hydroxylation is 1. The van der Waals surface area contributed by atoms with Crippen molar-refractivity contribution in [1.82, 2.24) is 19.4 Å². The van der Waals surface area contributed by atoms with Gasteiger partial charge in [-0.3, -0.25) is 18.8 Å². The lowest BCUT2D eigenvalue weighted by Gasteiger charge is -2.35. The summed E-state index contributed by atoms with van der Waals surface area (Å²) in [6.45, 7) is 6.25. The molecule has 1 fully saturated rings. The Morgan fingerprint density at radius 2 is 1.65 bits per heavy atom. The van der Waals surface area contributed by atoms with Crippen molar-refractivity contribution >= 4 is 16.9 Å². The molecule has 1 N–H and O–H groups in total. The molecule has 2 aromatic carbocycles. The van der Waals surface area contributed by atoms with E-state index in [1.807, 2.05) is 49.4 Å². The first-order chi connectivity index (χ1) is 15.2. The Kier molecular flexibility index (Phi) is 6.84. The fourth-order valence-electron chi connectivity index (χ4n) is 4.30. The average Bonchev–Trinajstić information content (AvgIpc) is 3.07. The number of benzene rings is 2. The van der Waals surface area contributed by atoms with E-state index in [2.05, 4.69) is 22.3 Å². The largest absolute Gasteiger partial charge is 0.379 e. The topological polar surface area (TPSA) is 68.5 Å². The number of morpholine rings is 1. The zero-order valence-electron chi connectivity index (χ0n) is 18.0. The van der Waals surface area contributed by atoms with Gasteiger partial charge in [-0.25, -0.2) is 4.79 Å². The van der Waals surface area contributed by atoms with E-state index in [9.17, 15) is 9.59 Å². The first-order valence-electron chi connectivity index (χ1n) is 11.0. The molecule has 1 aromatic heterocycles. The molecule has 1 unspecified atom stereocenters. The number of aromatic nitrogens is 2. The van der Waals surface area contributed by atoms with Crippen LogP contribution < -0.4 is 11.0 Å². The third-order valence-electron chi connectivity index (χ3n) is 5.84. The molecule has 0 aliphatic carbocycles. The molecule has 1 saturated heterocycles. The molecule has 4 rings (SSSR count). The van der Waals surface area contributed by atoms with Gasteiger partial charge in [-0.1, -0.05) is 49.4 Å².